The maximum absolute atomic E-state index is 14.0. The number of sulfonamides is 1. The van der Waals surface area contributed by atoms with Gasteiger partial charge in [-0.3, -0.25) is 4.79 Å². The van der Waals surface area contributed by atoms with Gasteiger partial charge in [0, 0.05) is 32.0 Å². The molecule has 2 aromatic rings. The van der Waals surface area contributed by atoms with Crippen LogP contribution in [0.3, 0.4) is 0 Å². The number of carbonyl (C=O) groups excluding carboxylic acids is 1. The number of furan rings is 1. The van der Waals surface area contributed by atoms with Gasteiger partial charge in [0.2, 0.25) is 15.9 Å². The third kappa shape index (κ3) is 4.52. The first-order chi connectivity index (χ1) is 14.7. The van der Waals surface area contributed by atoms with Crippen molar-refractivity contribution in [3.8, 4) is 0 Å². The van der Waals surface area contributed by atoms with E-state index in [1.807, 2.05) is 12.1 Å². The maximum atomic E-state index is 14.0. The molecule has 2 atom stereocenters. The first-order valence-electron chi connectivity index (χ1n) is 10.5. The Morgan fingerprint density at radius 1 is 1.19 bits per heavy atom. The topological polar surface area (TPSA) is 70.8 Å². The fourth-order valence-electron chi connectivity index (χ4n) is 4.18. The average molecular weight is 453 g/mol. The van der Waals surface area contributed by atoms with Gasteiger partial charge in [0.25, 0.3) is 0 Å². The largest absolute Gasteiger partial charge is 0.464 e. The van der Waals surface area contributed by atoms with Crippen molar-refractivity contribution in [3.63, 3.8) is 0 Å². The summed E-state index contributed by atoms with van der Waals surface area (Å²) in [4.78, 5) is 13.8. The summed E-state index contributed by atoms with van der Waals surface area (Å²) in [5.41, 5.74) is 0. The molecule has 1 saturated carbocycles. The van der Waals surface area contributed by atoms with Crippen molar-refractivity contribution in [1.82, 2.24) is 9.21 Å². The Bertz CT molecular complexity index is 1080. The summed E-state index contributed by atoms with van der Waals surface area (Å²) in [5, 5.41) is 0. The third-order valence-corrected chi connectivity index (χ3v) is 8.15. The van der Waals surface area contributed by atoms with Gasteiger partial charge >= 0.3 is 0 Å². The molecule has 2 unspecified atom stereocenters. The highest BCUT2D eigenvalue weighted by Gasteiger charge is 2.37. The number of carbonyl (C=O) groups is 1. The number of benzene rings is 1. The number of halogens is 2. The van der Waals surface area contributed by atoms with Crippen LogP contribution in [0, 0.1) is 23.5 Å². The fraction of sp³-hybridized carbons (Fsp3) is 0.500. The Balaban J connectivity index is 1.35. The summed E-state index contributed by atoms with van der Waals surface area (Å²) in [6.45, 7) is 2.69. The van der Waals surface area contributed by atoms with Crippen LogP contribution in [-0.2, 0) is 21.4 Å². The van der Waals surface area contributed by atoms with Crippen LogP contribution in [0.25, 0.3) is 0 Å². The van der Waals surface area contributed by atoms with Crippen LogP contribution in [0.2, 0.25) is 0 Å². The minimum atomic E-state index is -4.16. The van der Waals surface area contributed by atoms with Crippen LogP contribution >= 0.6 is 0 Å². The van der Waals surface area contributed by atoms with Crippen LogP contribution in [0.5, 0.6) is 0 Å². The van der Waals surface area contributed by atoms with Gasteiger partial charge in [-0.1, -0.05) is 6.92 Å². The lowest BCUT2D eigenvalue weighted by molar-refractivity contribution is -0.136. The zero-order valence-electron chi connectivity index (χ0n) is 17.6. The number of hydrogen-bond donors (Lipinski definition) is 0. The van der Waals surface area contributed by atoms with E-state index in [1.165, 1.54) is 0 Å². The van der Waals surface area contributed by atoms with E-state index in [2.05, 4.69) is 6.92 Å². The van der Waals surface area contributed by atoms with Crippen molar-refractivity contribution < 1.29 is 26.4 Å². The van der Waals surface area contributed by atoms with E-state index in [4.69, 9.17) is 4.42 Å². The highest BCUT2D eigenvalue weighted by Crippen LogP contribution is 2.47. The first kappa shape index (κ1) is 22.0. The molecule has 1 amide bonds. The Labute approximate surface area is 180 Å². The molecule has 1 aromatic heterocycles. The first-order valence-corrected chi connectivity index (χ1v) is 11.9. The summed E-state index contributed by atoms with van der Waals surface area (Å²) in [5.74, 6) is 0.600. The monoisotopic (exact) mass is 452 g/mol. The second-order valence-electron chi connectivity index (χ2n) is 8.57. The summed E-state index contributed by atoms with van der Waals surface area (Å²) >= 11 is 0. The van der Waals surface area contributed by atoms with Crippen molar-refractivity contribution in [2.24, 2.45) is 11.8 Å². The lowest BCUT2D eigenvalue weighted by atomic mass is 9.96. The van der Waals surface area contributed by atoms with E-state index in [-0.39, 0.29) is 24.9 Å². The number of nitrogens with zero attached hydrogens (tertiary/aromatic N) is 2. The van der Waals surface area contributed by atoms with Gasteiger partial charge in [-0.25, -0.2) is 17.2 Å². The molecule has 2 aliphatic rings. The maximum Gasteiger partial charge on any atom is 0.246 e. The van der Waals surface area contributed by atoms with Crippen LogP contribution in [0.4, 0.5) is 8.78 Å². The van der Waals surface area contributed by atoms with Gasteiger partial charge in [-0.05, 0) is 55.5 Å². The molecule has 0 radical (unpaired) electrons. The molecule has 1 aliphatic carbocycles. The van der Waals surface area contributed by atoms with Gasteiger partial charge in [-0.15, -0.1) is 0 Å². The number of piperidine rings is 1. The van der Waals surface area contributed by atoms with Crippen molar-refractivity contribution in [1.29, 1.82) is 0 Å². The second kappa shape index (κ2) is 8.35. The smallest absolute Gasteiger partial charge is 0.246 e. The van der Waals surface area contributed by atoms with Crippen molar-refractivity contribution in [2.45, 2.75) is 43.5 Å². The Kier molecular flexibility index (Phi) is 5.91. The number of rotatable bonds is 6. The van der Waals surface area contributed by atoms with E-state index in [1.54, 1.807) is 11.9 Å². The molecule has 1 aliphatic heterocycles. The molecule has 9 heteroatoms. The Morgan fingerprint density at radius 3 is 2.52 bits per heavy atom. The summed E-state index contributed by atoms with van der Waals surface area (Å²) in [7, 11) is -2.45. The lowest BCUT2D eigenvalue weighted by Crippen LogP contribution is -2.43. The average Bonchev–Trinajstić information content (AvgIpc) is 3.29. The van der Waals surface area contributed by atoms with E-state index in [0.29, 0.717) is 37.3 Å². The van der Waals surface area contributed by atoms with Crippen molar-refractivity contribution in [3.05, 3.63) is 53.5 Å². The number of amides is 1. The van der Waals surface area contributed by atoms with Crippen molar-refractivity contribution in [2.75, 3.05) is 20.1 Å². The second-order valence-corrected chi connectivity index (χ2v) is 10.5. The van der Waals surface area contributed by atoms with Gasteiger partial charge < -0.3 is 9.32 Å². The normalized spacial score (nSPS) is 22.5. The molecule has 2 heterocycles. The zero-order valence-corrected chi connectivity index (χ0v) is 18.4. The SMILES string of the molecule is CC1CC1c1ccc(CN(C)C(=O)C2CCN(S(=O)(=O)c3cc(F)ccc3F)CC2)o1. The van der Waals surface area contributed by atoms with Crippen LogP contribution in [0.15, 0.2) is 39.6 Å². The molecule has 2 fully saturated rings. The van der Waals surface area contributed by atoms with Gasteiger partial charge in [0.15, 0.2) is 0 Å². The molecule has 0 spiro atoms. The third-order valence-electron chi connectivity index (χ3n) is 6.24. The summed E-state index contributed by atoms with van der Waals surface area (Å²) in [6.07, 6.45) is 1.77. The highest BCUT2D eigenvalue weighted by molar-refractivity contribution is 7.89. The molecule has 168 valence electrons. The van der Waals surface area contributed by atoms with Crippen LogP contribution in [-0.4, -0.2) is 43.7 Å². The minimum absolute atomic E-state index is 0.0764. The summed E-state index contributed by atoms with van der Waals surface area (Å²) < 4.78 is 59.8. The predicted octanol–water partition coefficient (Wildman–Crippen LogP) is 3.74. The Hall–Kier alpha value is -2.26. The van der Waals surface area contributed by atoms with Gasteiger partial charge in [0.05, 0.1) is 6.54 Å². The fourth-order valence-corrected chi connectivity index (χ4v) is 5.72. The molecule has 1 saturated heterocycles. The standard InChI is InChI=1S/C22H26F2N2O4S/c1-14-11-18(14)20-6-4-17(30-20)13-25(2)22(27)15-7-9-26(10-8-15)31(28,29)21-12-16(23)3-5-19(21)24/h3-6,12,14-15,18H,7-11,13H2,1-2H3. The molecule has 0 bridgehead atoms. The van der Waals surface area contributed by atoms with Crippen LogP contribution in [0.1, 0.15) is 43.6 Å². The van der Waals surface area contributed by atoms with E-state index >= 15 is 0 Å². The Morgan fingerprint density at radius 2 is 1.87 bits per heavy atom. The van der Waals surface area contributed by atoms with E-state index in [9.17, 15) is 22.0 Å². The predicted molar refractivity (Wildman–Crippen MR) is 110 cm³/mol. The van der Waals surface area contributed by atoms with Crippen molar-refractivity contribution >= 4 is 15.9 Å². The molecular weight excluding hydrogens is 426 g/mol. The van der Waals surface area contributed by atoms with Gasteiger partial charge in [-0.2, -0.15) is 4.31 Å². The van der Waals surface area contributed by atoms with E-state index in [0.717, 1.165) is 34.4 Å². The van der Waals surface area contributed by atoms with Crippen LogP contribution < -0.4 is 0 Å². The quantitative estimate of drug-likeness (QED) is 0.670. The molecule has 31 heavy (non-hydrogen) atoms. The lowest BCUT2D eigenvalue weighted by Gasteiger charge is -2.32. The molecular formula is C22H26F2N2O4S. The zero-order chi connectivity index (χ0) is 22.3. The molecule has 1 aromatic carbocycles. The molecule has 4 rings (SSSR count). The minimum Gasteiger partial charge on any atom is -0.464 e. The number of hydrogen-bond acceptors (Lipinski definition) is 4. The van der Waals surface area contributed by atoms with E-state index < -0.39 is 26.6 Å². The van der Waals surface area contributed by atoms with Gasteiger partial charge in [0.1, 0.15) is 28.1 Å². The summed E-state index contributed by atoms with van der Waals surface area (Å²) in [6, 6.07) is 6.24. The highest BCUT2D eigenvalue weighted by atomic mass is 32.2. The molecule has 0 N–H and O–H groups in total. The molecule has 6 nitrogen and oxygen atoms in total.